The largest absolute Gasteiger partial charge is 0.306 e. The van der Waals surface area contributed by atoms with Crippen LogP contribution in [0.2, 0.25) is 0 Å². The van der Waals surface area contributed by atoms with Gasteiger partial charge in [-0.1, -0.05) is 18.2 Å². The third-order valence-corrected chi connectivity index (χ3v) is 2.95. The predicted octanol–water partition coefficient (Wildman–Crippen LogP) is 3.38. The summed E-state index contributed by atoms with van der Waals surface area (Å²) in [5.74, 6) is -0.200. The number of hydrogen-bond donors (Lipinski definition) is 1. The number of nitrogens with zero attached hydrogens (tertiary/aromatic N) is 1. The number of halogens is 1. The van der Waals surface area contributed by atoms with E-state index in [4.69, 9.17) is 0 Å². The van der Waals surface area contributed by atoms with Gasteiger partial charge in [0, 0.05) is 24.5 Å². The molecule has 0 amide bonds. The maximum Gasteiger partial charge on any atom is 0.123 e. The molecular weight excluding hydrogens is 227 g/mol. The van der Waals surface area contributed by atoms with E-state index in [9.17, 15) is 4.39 Å². The normalized spacial score (nSPS) is 12.4. The number of hydrogen-bond acceptors (Lipinski definition) is 2. The first-order chi connectivity index (χ1) is 8.65. The molecule has 0 bridgehead atoms. The quantitative estimate of drug-likeness (QED) is 0.891. The number of rotatable bonds is 4. The van der Waals surface area contributed by atoms with Crippen molar-refractivity contribution in [3.63, 3.8) is 0 Å². The summed E-state index contributed by atoms with van der Waals surface area (Å²) >= 11 is 0. The van der Waals surface area contributed by atoms with Crippen molar-refractivity contribution in [1.29, 1.82) is 0 Å². The fourth-order valence-corrected chi connectivity index (χ4v) is 1.74. The first-order valence-electron chi connectivity index (χ1n) is 6.05. The van der Waals surface area contributed by atoms with Gasteiger partial charge in [-0.05, 0) is 43.2 Å². The monoisotopic (exact) mass is 244 g/mol. The minimum absolute atomic E-state index is 0.187. The summed E-state index contributed by atoms with van der Waals surface area (Å²) < 4.78 is 12.8. The molecule has 1 N–H and O–H groups in total. The molecule has 1 heterocycles. The van der Waals surface area contributed by atoms with Gasteiger partial charge in [-0.3, -0.25) is 4.98 Å². The minimum atomic E-state index is -0.200. The van der Waals surface area contributed by atoms with Gasteiger partial charge in [0.05, 0.1) is 0 Å². The van der Waals surface area contributed by atoms with Gasteiger partial charge in [0.2, 0.25) is 0 Å². The Morgan fingerprint density at radius 2 is 1.89 bits per heavy atom. The van der Waals surface area contributed by atoms with E-state index in [1.54, 1.807) is 12.1 Å². The smallest absolute Gasteiger partial charge is 0.123 e. The highest BCUT2D eigenvalue weighted by Gasteiger charge is 2.04. The second-order valence-electron chi connectivity index (χ2n) is 4.46. The molecule has 1 unspecified atom stereocenters. The summed E-state index contributed by atoms with van der Waals surface area (Å²) in [4.78, 5) is 4.25. The van der Waals surface area contributed by atoms with Gasteiger partial charge in [0.15, 0.2) is 0 Å². The molecule has 0 radical (unpaired) electrons. The highest BCUT2D eigenvalue weighted by Crippen LogP contribution is 2.13. The van der Waals surface area contributed by atoms with E-state index < -0.39 is 0 Å². The molecule has 0 aliphatic carbocycles. The summed E-state index contributed by atoms with van der Waals surface area (Å²) in [6.45, 7) is 4.79. The molecule has 0 saturated heterocycles. The van der Waals surface area contributed by atoms with E-state index in [1.165, 1.54) is 12.1 Å². The molecule has 2 rings (SSSR count). The van der Waals surface area contributed by atoms with Crippen molar-refractivity contribution in [3.05, 3.63) is 65.2 Å². The maximum absolute atomic E-state index is 12.8. The Hall–Kier alpha value is -1.74. The topological polar surface area (TPSA) is 24.9 Å². The van der Waals surface area contributed by atoms with E-state index in [-0.39, 0.29) is 11.9 Å². The molecule has 94 valence electrons. The van der Waals surface area contributed by atoms with Crippen LogP contribution in [0.4, 0.5) is 4.39 Å². The van der Waals surface area contributed by atoms with Gasteiger partial charge in [0.1, 0.15) is 5.82 Å². The highest BCUT2D eigenvalue weighted by molar-refractivity contribution is 5.20. The van der Waals surface area contributed by atoms with Crippen molar-refractivity contribution in [2.45, 2.75) is 26.4 Å². The number of aromatic nitrogens is 1. The van der Waals surface area contributed by atoms with Crippen molar-refractivity contribution < 1.29 is 4.39 Å². The van der Waals surface area contributed by atoms with Gasteiger partial charge >= 0.3 is 0 Å². The molecule has 0 aliphatic heterocycles. The Bertz CT molecular complexity index is 491. The zero-order valence-electron chi connectivity index (χ0n) is 10.7. The van der Waals surface area contributed by atoms with Crippen LogP contribution in [0.3, 0.4) is 0 Å². The van der Waals surface area contributed by atoms with E-state index in [0.29, 0.717) is 0 Å². The Kier molecular flexibility index (Phi) is 4.05. The fraction of sp³-hybridized carbons (Fsp3) is 0.267. The first kappa shape index (κ1) is 12.7. The lowest BCUT2D eigenvalue weighted by Crippen LogP contribution is -2.18. The Labute approximate surface area is 107 Å². The molecule has 0 spiro atoms. The van der Waals surface area contributed by atoms with Crippen LogP contribution in [0, 0.1) is 12.7 Å². The van der Waals surface area contributed by atoms with Crippen LogP contribution in [-0.2, 0) is 6.54 Å². The highest BCUT2D eigenvalue weighted by atomic mass is 19.1. The van der Waals surface area contributed by atoms with Crippen molar-refractivity contribution in [3.8, 4) is 0 Å². The van der Waals surface area contributed by atoms with E-state index in [0.717, 1.165) is 23.4 Å². The first-order valence-corrected chi connectivity index (χ1v) is 6.05. The fourth-order valence-electron chi connectivity index (χ4n) is 1.74. The maximum atomic E-state index is 12.8. The van der Waals surface area contributed by atoms with Crippen molar-refractivity contribution in [1.82, 2.24) is 10.3 Å². The molecule has 3 heteroatoms. The molecular formula is C15H17FN2. The summed E-state index contributed by atoms with van der Waals surface area (Å²) in [7, 11) is 0. The van der Waals surface area contributed by atoms with E-state index in [1.807, 2.05) is 19.2 Å². The Morgan fingerprint density at radius 1 is 1.17 bits per heavy atom. The molecule has 18 heavy (non-hydrogen) atoms. The SMILES string of the molecule is Cc1ccc(CNC(C)c2ccc(F)cc2)cn1. The molecule has 2 nitrogen and oxygen atoms in total. The van der Waals surface area contributed by atoms with Crippen LogP contribution in [0.1, 0.15) is 29.8 Å². The van der Waals surface area contributed by atoms with Crippen LogP contribution >= 0.6 is 0 Å². The second kappa shape index (κ2) is 5.74. The van der Waals surface area contributed by atoms with Crippen molar-refractivity contribution in [2.24, 2.45) is 0 Å². The number of nitrogens with one attached hydrogen (secondary N) is 1. The third-order valence-electron chi connectivity index (χ3n) is 2.95. The van der Waals surface area contributed by atoms with Gasteiger partial charge in [-0.15, -0.1) is 0 Å². The van der Waals surface area contributed by atoms with Gasteiger partial charge in [-0.2, -0.15) is 0 Å². The molecule has 1 aromatic heterocycles. The van der Waals surface area contributed by atoms with Crippen LogP contribution in [0.25, 0.3) is 0 Å². The lowest BCUT2D eigenvalue weighted by Gasteiger charge is -2.14. The van der Waals surface area contributed by atoms with Crippen molar-refractivity contribution >= 4 is 0 Å². The number of benzene rings is 1. The van der Waals surface area contributed by atoms with E-state index in [2.05, 4.69) is 23.3 Å². The van der Waals surface area contributed by atoms with Crippen LogP contribution < -0.4 is 5.32 Å². The lowest BCUT2D eigenvalue weighted by molar-refractivity contribution is 0.570. The average molecular weight is 244 g/mol. The molecule has 2 aromatic rings. The van der Waals surface area contributed by atoms with E-state index >= 15 is 0 Å². The number of pyridine rings is 1. The Balaban J connectivity index is 1.93. The summed E-state index contributed by atoms with van der Waals surface area (Å²) in [6, 6.07) is 10.8. The zero-order chi connectivity index (χ0) is 13.0. The molecule has 0 fully saturated rings. The van der Waals surface area contributed by atoms with Gasteiger partial charge in [0.25, 0.3) is 0 Å². The molecule has 1 aromatic carbocycles. The van der Waals surface area contributed by atoms with Crippen molar-refractivity contribution in [2.75, 3.05) is 0 Å². The minimum Gasteiger partial charge on any atom is -0.306 e. The van der Waals surface area contributed by atoms with Crippen LogP contribution in [-0.4, -0.2) is 4.98 Å². The molecule has 1 atom stereocenters. The average Bonchev–Trinajstić information content (AvgIpc) is 2.38. The number of aryl methyl sites for hydroxylation is 1. The Morgan fingerprint density at radius 3 is 2.50 bits per heavy atom. The standard InChI is InChI=1S/C15H17FN2/c1-11-3-4-13(9-17-11)10-18-12(2)14-5-7-15(16)8-6-14/h3-9,12,18H,10H2,1-2H3. The van der Waals surface area contributed by atoms with Crippen LogP contribution in [0.5, 0.6) is 0 Å². The predicted molar refractivity (Wildman–Crippen MR) is 70.6 cm³/mol. The van der Waals surface area contributed by atoms with Crippen LogP contribution in [0.15, 0.2) is 42.6 Å². The third kappa shape index (κ3) is 3.37. The van der Waals surface area contributed by atoms with Gasteiger partial charge in [-0.25, -0.2) is 4.39 Å². The van der Waals surface area contributed by atoms with Gasteiger partial charge < -0.3 is 5.32 Å². The second-order valence-corrected chi connectivity index (χ2v) is 4.46. The molecule has 0 saturated carbocycles. The molecule has 0 aliphatic rings. The summed E-state index contributed by atoms with van der Waals surface area (Å²) in [5.41, 5.74) is 3.25. The zero-order valence-corrected chi connectivity index (χ0v) is 10.7. The summed E-state index contributed by atoms with van der Waals surface area (Å²) in [5, 5.41) is 3.39. The summed E-state index contributed by atoms with van der Waals surface area (Å²) in [6.07, 6.45) is 1.87. The lowest BCUT2D eigenvalue weighted by atomic mass is 10.1.